The molecule has 0 aromatic heterocycles. The quantitative estimate of drug-likeness (QED) is 0.808. The summed E-state index contributed by atoms with van der Waals surface area (Å²) in [5, 5.41) is 18.2. The van der Waals surface area contributed by atoms with Gasteiger partial charge in [0.05, 0.1) is 17.7 Å². The smallest absolute Gasteiger partial charge is 0.410 e. The number of benzene rings is 1. The number of hydrogen-bond donors (Lipinski definition) is 2. The van der Waals surface area contributed by atoms with Gasteiger partial charge in [-0.25, -0.2) is 14.4 Å². The van der Waals surface area contributed by atoms with Crippen LogP contribution in [-0.2, 0) is 4.74 Å². The summed E-state index contributed by atoms with van der Waals surface area (Å²) in [4.78, 5) is 36.0. The largest absolute Gasteiger partial charge is 0.493 e. The molecule has 8 heteroatoms. The summed E-state index contributed by atoms with van der Waals surface area (Å²) in [6.45, 7) is 6.90. The van der Waals surface area contributed by atoms with E-state index in [1.807, 2.05) is 20.8 Å². The van der Waals surface area contributed by atoms with Crippen molar-refractivity contribution in [1.82, 2.24) is 4.90 Å². The average molecular weight is 379 g/mol. The van der Waals surface area contributed by atoms with Crippen LogP contribution in [0.15, 0.2) is 18.2 Å². The Kier molecular flexibility index (Phi) is 6.30. The third-order valence-corrected chi connectivity index (χ3v) is 4.15. The first-order valence-corrected chi connectivity index (χ1v) is 8.77. The zero-order valence-electron chi connectivity index (χ0n) is 15.7. The molecule has 8 nitrogen and oxygen atoms in total. The number of carboxylic acid groups (broad SMARTS) is 2. The van der Waals surface area contributed by atoms with E-state index in [2.05, 4.69) is 0 Å². The van der Waals surface area contributed by atoms with E-state index in [1.54, 1.807) is 4.90 Å². The van der Waals surface area contributed by atoms with Crippen LogP contribution in [0.4, 0.5) is 4.79 Å². The lowest BCUT2D eigenvalue weighted by Crippen LogP contribution is -2.42. The Balaban J connectivity index is 1.91. The van der Waals surface area contributed by atoms with E-state index in [0.717, 1.165) is 18.9 Å². The van der Waals surface area contributed by atoms with Crippen LogP contribution in [0.3, 0.4) is 0 Å². The van der Waals surface area contributed by atoms with E-state index >= 15 is 0 Å². The van der Waals surface area contributed by atoms with Crippen molar-refractivity contribution in [3.05, 3.63) is 29.3 Å². The number of amides is 1. The molecule has 1 aromatic rings. The van der Waals surface area contributed by atoms with Gasteiger partial charge in [0.1, 0.15) is 11.4 Å². The minimum absolute atomic E-state index is 0.135. The molecule has 1 fully saturated rings. The first kappa shape index (κ1) is 20.5. The number of piperidine rings is 1. The second-order valence-electron chi connectivity index (χ2n) is 7.58. The number of hydrogen-bond acceptors (Lipinski definition) is 5. The van der Waals surface area contributed by atoms with Gasteiger partial charge in [-0.15, -0.1) is 0 Å². The van der Waals surface area contributed by atoms with E-state index in [9.17, 15) is 14.4 Å². The number of carbonyl (C=O) groups is 3. The molecule has 1 heterocycles. The van der Waals surface area contributed by atoms with Gasteiger partial charge >= 0.3 is 18.0 Å². The van der Waals surface area contributed by atoms with Crippen molar-refractivity contribution in [2.75, 3.05) is 19.7 Å². The first-order valence-electron chi connectivity index (χ1n) is 8.77. The van der Waals surface area contributed by atoms with Crippen LogP contribution < -0.4 is 4.74 Å². The van der Waals surface area contributed by atoms with Gasteiger partial charge in [0.15, 0.2) is 0 Å². The maximum atomic E-state index is 12.1. The van der Waals surface area contributed by atoms with E-state index < -0.39 is 17.5 Å². The predicted octanol–water partition coefficient (Wildman–Crippen LogP) is 3.11. The van der Waals surface area contributed by atoms with Gasteiger partial charge < -0.3 is 24.6 Å². The fourth-order valence-electron chi connectivity index (χ4n) is 2.75. The fourth-order valence-corrected chi connectivity index (χ4v) is 2.75. The fraction of sp³-hybridized carbons (Fsp3) is 0.526. The SMILES string of the molecule is CC(C)(C)OC(=O)N1CCC(COc2cc(C(=O)O)cc(C(=O)O)c2)CC1. The van der Waals surface area contributed by atoms with Gasteiger partial charge in [0, 0.05) is 13.1 Å². The molecule has 0 saturated carbocycles. The van der Waals surface area contributed by atoms with E-state index in [0.29, 0.717) is 19.7 Å². The third-order valence-electron chi connectivity index (χ3n) is 4.15. The summed E-state index contributed by atoms with van der Waals surface area (Å²) >= 11 is 0. The lowest BCUT2D eigenvalue weighted by Gasteiger charge is -2.33. The Hall–Kier alpha value is -2.77. The number of nitrogens with zero attached hydrogens (tertiary/aromatic N) is 1. The second kappa shape index (κ2) is 8.28. The highest BCUT2D eigenvalue weighted by atomic mass is 16.6. The number of aromatic carboxylic acids is 2. The molecule has 0 radical (unpaired) electrons. The summed E-state index contributed by atoms with van der Waals surface area (Å²) < 4.78 is 11.0. The molecule has 0 bridgehead atoms. The zero-order chi connectivity index (χ0) is 20.2. The van der Waals surface area contributed by atoms with Crippen molar-refractivity contribution >= 4 is 18.0 Å². The molecule has 0 atom stereocenters. The van der Waals surface area contributed by atoms with Gasteiger partial charge in [0.25, 0.3) is 0 Å². The number of ether oxygens (including phenoxy) is 2. The normalized spacial score (nSPS) is 15.3. The Morgan fingerprint density at radius 2 is 1.56 bits per heavy atom. The van der Waals surface area contributed by atoms with E-state index in [1.165, 1.54) is 12.1 Å². The summed E-state index contributed by atoms with van der Waals surface area (Å²) in [5.74, 6) is -2.03. The molecule has 0 aliphatic carbocycles. The highest BCUT2D eigenvalue weighted by molar-refractivity contribution is 5.94. The van der Waals surface area contributed by atoms with Gasteiger partial charge in [-0.1, -0.05) is 0 Å². The van der Waals surface area contributed by atoms with Crippen molar-refractivity contribution in [3.63, 3.8) is 0 Å². The molecular formula is C19H25NO7. The van der Waals surface area contributed by atoms with Crippen LogP contribution in [0, 0.1) is 5.92 Å². The third kappa shape index (κ3) is 6.16. The molecule has 1 aliphatic heterocycles. The topological polar surface area (TPSA) is 113 Å². The van der Waals surface area contributed by atoms with Crippen LogP contribution in [-0.4, -0.2) is 58.4 Å². The molecule has 27 heavy (non-hydrogen) atoms. The monoisotopic (exact) mass is 379 g/mol. The number of likely N-dealkylation sites (tertiary alicyclic amines) is 1. The summed E-state index contributed by atoms with van der Waals surface area (Å²) in [5.41, 5.74) is -0.803. The van der Waals surface area contributed by atoms with Gasteiger partial charge in [-0.3, -0.25) is 0 Å². The summed E-state index contributed by atoms with van der Waals surface area (Å²) in [6.07, 6.45) is 1.12. The van der Waals surface area contributed by atoms with Gasteiger partial charge in [-0.05, 0) is 57.7 Å². The Bertz CT molecular complexity index is 683. The van der Waals surface area contributed by atoms with Crippen LogP contribution in [0.25, 0.3) is 0 Å². The summed E-state index contributed by atoms with van der Waals surface area (Å²) in [6, 6.07) is 3.71. The van der Waals surface area contributed by atoms with Crippen molar-refractivity contribution in [2.45, 2.75) is 39.2 Å². The van der Waals surface area contributed by atoms with Crippen molar-refractivity contribution < 1.29 is 34.1 Å². The van der Waals surface area contributed by atoms with Crippen LogP contribution in [0.2, 0.25) is 0 Å². The molecule has 148 valence electrons. The Morgan fingerprint density at radius 1 is 1.04 bits per heavy atom. The second-order valence-corrected chi connectivity index (χ2v) is 7.58. The maximum Gasteiger partial charge on any atom is 0.410 e. The highest BCUT2D eigenvalue weighted by Crippen LogP contribution is 2.23. The van der Waals surface area contributed by atoms with E-state index in [4.69, 9.17) is 19.7 Å². The minimum Gasteiger partial charge on any atom is -0.493 e. The lowest BCUT2D eigenvalue weighted by molar-refractivity contribution is 0.0164. The van der Waals surface area contributed by atoms with Gasteiger partial charge in [0.2, 0.25) is 0 Å². The zero-order valence-corrected chi connectivity index (χ0v) is 15.7. The number of carboxylic acids is 2. The van der Waals surface area contributed by atoms with Gasteiger partial charge in [-0.2, -0.15) is 0 Å². The minimum atomic E-state index is -1.21. The molecule has 1 aromatic carbocycles. The van der Waals surface area contributed by atoms with Crippen molar-refractivity contribution in [2.24, 2.45) is 5.92 Å². The van der Waals surface area contributed by atoms with E-state index in [-0.39, 0.29) is 28.9 Å². The first-order chi connectivity index (χ1) is 12.5. The Morgan fingerprint density at radius 3 is 2.00 bits per heavy atom. The van der Waals surface area contributed by atoms with Crippen LogP contribution in [0.5, 0.6) is 5.75 Å². The van der Waals surface area contributed by atoms with Crippen molar-refractivity contribution in [3.8, 4) is 5.75 Å². The summed E-state index contributed by atoms with van der Waals surface area (Å²) in [7, 11) is 0. The maximum absolute atomic E-state index is 12.1. The molecule has 0 unspecified atom stereocenters. The van der Waals surface area contributed by atoms with Crippen LogP contribution in [0.1, 0.15) is 54.3 Å². The predicted molar refractivity (Wildman–Crippen MR) is 96.4 cm³/mol. The molecule has 2 rings (SSSR count). The Labute approximate surface area is 157 Å². The molecule has 1 amide bonds. The number of carbonyl (C=O) groups excluding carboxylic acids is 1. The highest BCUT2D eigenvalue weighted by Gasteiger charge is 2.27. The number of rotatable bonds is 5. The molecule has 1 saturated heterocycles. The average Bonchev–Trinajstić information content (AvgIpc) is 2.58. The standard InChI is InChI=1S/C19H25NO7/c1-19(2,3)27-18(25)20-6-4-12(5-7-20)11-26-15-9-13(16(21)22)8-14(10-15)17(23)24/h8-10,12H,4-7,11H2,1-3H3,(H,21,22)(H,23,24). The lowest BCUT2D eigenvalue weighted by atomic mass is 9.98. The van der Waals surface area contributed by atoms with Crippen molar-refractivity contribution in [1.29, 1.82) is 0 Å². The molecule has 2 N–H and O–H groups in total. The molecular weight excluding hydrogens is 354 g/mol. The molecule has 0 spiro atoms. The molecule has 1 aliphatic rings. The van der Waals surface area contributed by atoms with Crippen LogP contribution >= 0.6 is 0 Å².